The number of hydrogen-bond acceptors (Lipinski definition) is 4. The summed E-state index contributed by atoms with van der Waals surface area (Å²) in [7, 11) is 1.80. The van der Waals surface area contributed by atoms with E-state index in [4.69, 9.17) is 9.47 Å². The molecule has 3 rings (SSSR count). The number of ether oxygens (including phenoxy) is 2. The van der Waals surface area contributed by atoms with Crippen LogP contribution in [0, 0.1) is 0 Å². The summed E-state index contributed by atoms with van der Waals surface area (Å²) in [6.45, 7) is 8.45. The van der Waals surface area contributed by atoms with Gasteiger partial charge >= 0.3 is 0 Å². The Hall–Kier alpha value is -2.28. The van der Waals surface area contributed by atoms with Crippen molar-refractivity contribution >= 4 is 11.9 Å². The van der Waals surface area contributed by atoms with Crippen LogP contribution in [0.25, 0.3) is 0 Å². The summed E-state index contributed by atoms with van der Waals surface area (Å²) < 4.78 is 11.3. The van der Waals surface area contributed by atoms with Crippen molar-refractivity contribution in [2.45, 2.75) is 51.0 Å². The van der Waals surface area contributed by atoms with Gasteiger partial charge in [-0.3, -0.25) is 9.79 Å². The molecule has 0 bridgehead atoms. The van der Waals surface area contributed by atoms with E-state index < -0.39 is 0 Å². The van der Waals surface area contributed by atoms with Crippen molar-refractivity contribution in [1.82, 2.24) is 15.5 Å². The van der Waals surface area contributed by atoms with E-state index in [-0.39, 0.29) is 17.4 Å². The van der Waals surface area contributed by atoms with E-state index in [0.717, 1.165) is 63.8 Å². The highest BCUT2D eigenvalue weighted by atomic mass is 16.5. The zero-order valence-corrected chi connectivity index (χ0v) is 18.6. The van der Waals surface area contributed by atoms with E-state index in [2.05, 4.69) is 39.9 Å². The lowest BCUT2D eigenvalue weighted by atomic mass is 9.74. The van der Waals surface area contributed by atoms with Gasteiger partial charge in [-0.25, -0.2) is 0 Å². The van der Waals surface area contributed by atoms with E-state index >= 15 is 0 Å². The van der Waals surface area contributed by atoms with Gasteiger partial charge in [0.15, 0.2) is 5.96 Å². The number of aliphatic imine (C=N–C) groups is 1. The molecule has 2 aliphatic heterocycles. The number of likely N-dealkylation sites (tertiary alicyclic amines) is 1. The van der Waals surface area contributed by atoms with Gasteiger partial charge in [-0.2, -0.15) is 0 Å². The average molecular weight is 417 g/mol. The van der Waals surface area contributed by atoms with Gasteiger partial charge in [0.25, 0.3) is 0 Å². The molecule has 1 aromatic rings. The second-order valence-electron chi connectivity index (χ2n) is 8.10. The lowest BCUT2D eigenvalue weighted by Crippen LogP contribution is -2.50. The SMILES string of the molecule is CCOc1ccc(C2(CNC(=NC)NC3CCN(C(=O)CC)C3)CCOCC2)cc1. The molecule has 1 atom stereocenters. The molecule has 166 valence electrons. The molecular weight excluding hydrogens is 380 g/mol. The summed E-state index contributed by atoms with van der Waals surface area (Å²) in [5.74, 6) is 1.92. The van der Waals surface area contributed by atoms with Crippen molar-refractivity contribution in [1.29, 1.82) is 0 Å². The van der Waals surface area contributed by atoms with Crippen LogP contribution in [0.3, 0.4) is 0 Å². The van der Waals surface area contributed by atoms with Crippen LogP contribution < -0.4 is 15.4 Å². The van der Waals surface area contributed by atoms with Gasteiger partial charge in [0, 0.05) is 57.8 Å². The fourth-order valence-electron chi connectivity index (χ4n) is 4.37. The molecule has 2 heterocycles. The van der Waals surface area contributed by atoms with Crippen LogP contribution in [0.2, 0.25) is 0 Å². The van der Waals surface area contributed by atoms with Crippen molar-refractivity contribution in [2.24, 2.45) is 4.99 Å². The minimum absolute atomic E-state index is 0.000498. The third-order valence-electron chi connectivity index (χ3n) is 6.23. The minimum Gasteiger partial charge on any atom is -0.494 e. The second kappa shape index (κ2) is 10.7. The van der Waals surface area contributed by atoms with Crippen LogP contribution >= 0.6 is 0 Å². The normalized spacial score (nSPS) is 21.4. The number of carbonyl (C=O) groups is 1. The Morgan fingerprint density at radius 1 is 1.27 bits per heavy atom. The molecule has 0 spiro atoms. The largest absolute Gasteiger partial charge is 0.494 e. The summed E-state index contributed by atoms with van der Waals surface area (Å²) >= 11 is 0. The van der Waals surface area contributed by atoms with E-state index in [1.54, 1.807) is 7.05 Å². The standard InChI is InChI=1S/C23H36N4O3/c1-4-21(28)27-13-10-19(16-27)26-22(24-3)25-17-23(11-14-29-15-12-23)18-6-8-20(9-7-18)30-5-2/h6-9,19H,4-5,10-17H2,1-3H3,(H2,24,25,26). The molecule has 30 heavy (non-hydrogen) atoms. The Kier molecular flexibility index (Phi) is 7.96. The van der Waals surface area contributed by atoms with E-state index in [1.165, 1.54) is 5.56 Å². The third-order valence-corrected chi connectivity index (χ3v) is 6.23. The van der Waals surface area contributed by atoms with E-state index in [0.29, 0.717) is 13.0 Å². The molecule has 0 aromatic heterocycles. The van der Waals surface area contributed by atoms with Gasteiger partial charge in [-0.05, 0) is 43.9 Å². The summed E-state index contributed by atoms with van der Waals surface area (Å²) in [4.78, 5) is 18.3. The lowest BCUT2D eigenvalue weighted by Gasteiger charge is -2.38. The van der Waals surface area contributed by atoms with Crippen molar-refractivity contribution in [3.8, 4) is 5.75 Å². The second-order valence-corrected chi connectivity index (χ2v) is 8.10. The first-order chi connectivity index (χ1) is 14.6. The number of amides is 1. The van der Waals surface area contributed by atoms with Gasteiger partial charge in [0.05, 0.1) is 6.61 Å². The highest BCUT2D eigenvalue weighted by Gasteiger charge is 2.35. The first kappa shape index (κ1) is 22.4. The predicted octanol–water partition coefficient (Wildman–Crippen LogP) is 2.31. The number of hydrogen-bond donors (Lipinski definition) is 2. The quantitative estimate of drug-likeness (QED) is 0.527. The topological polar surface area (TPSA) is 75.2 Å². The van der Waals surface area contributed by atoms with Crippen LogP contribution in [0.5, 0.6) is 5.75 Å². The van der Waals surface area contributed by atoms with Crippen LogP contribution in [0.4, 0.5) is 0 Å². The maximum atomic E-state index is 11.9. The molecule has 2 aliphatic rings. The van der Waals surface area contributed by atoms with E-state index in [1.807, 2.05) is 18.7 Å². The molecule has 1 amide bonds. The molecule has 1 unspecified atom stereocenters. The maximum Gasteiger partial charge on any atom is 0.222 e. The number of benzene rings is 1. The summed E-state index contributed by atoms with van der Waals surface area (Å²) in [6, 6.07) is 8.71. The van der Waals surface area contributed by atoms with E-state index in [9.17, 15) is 4.79 Å². The zero-order valence-electron chi connectivity index (χ0n) is 18.6. The Bertz CT molecular complexity index is 714. The molecule has 2 N–H and O–H groups in total. The highest BCUT2D eigenvalue weighted by Crippen LogP contribution is 2.35. The van der Waals surface area contributed by atoms with Crippen molar-refractivity contribution in [2.75, 3.05) is 46.5 Å². The Labute approximate surface area is 180 Å². The Balaban J connectivity index is 1.63. The van der Waals surface area contributed by atoms with Crippen LogP contribution in [-0.2, 0) is 14.9 Å². The fraction of sp³-hybridized carbons (Fsp3) is 0.652. The van der Waals surface area contributed by atoms with Gasteiger partial charge in [-0.15, -0.1) is 0 Å². The highest BCUT2D eigenvalue weighted by molar-refractivity contribution is 5.80. The van der Waals surface area contributed by atoms with Gasteiger partial charge in [-0.1, -0.05) is 19.1 Å². The van der Waals surface area contributed by atoms with Crippen molar-refractivity contribution in [3.63, 3.8) is 0 Å². The van der Waals surface area contributed by atoms with Crippen LogP contribution in [-0.4, -0.2) is 69.3 Å². The fourth-order valence-corrected chi connectivity index (χ4v) is 4.37. The lowest BCUT2D eigenvalue weighted by molar-refractivity contribution is -0.129. The van der Waals surface area contributed by atoms with Crippen molar-refractivity contribution < 1.29 is 14.3 Å². The number of nitrogens with one attached hydrogen (secondary N) is 2. The molecule has 1 aromatic carbocycles. The third kappa shape index (κ3) is 5.45. The zero-order chi connectivity index (χ0) is 21.4. The number of guanidine groups is 1. The molecule has 7 heteroatoms. The monoisotopic (exact) mass is 416 g/mol. The molecule has 0 radical (unpaired) electrons. The molecule has 2 fully saturated rings. The molecule has 0 saturated carbocycles. The first-order valence-electron chi connectivity index (χ1n) is 11.2. The number of rotatable bonds is 7. The predicted molar refractivity (Wildman–Crippen MR) is 119 cm³/mol. The molecule has 0 aliphatic carbocycles. The smallest absolute Gasteiger partial charge is 0.222 e. The Morgan fingerprint density at radius 3 is 2.63 bits per heavy atom. The van der Waals surface area contributed by atoms with Crippen LogP contribution in [0.15, 0.2) is 29.3 Å². The average Bonchev–Trinajstić information content (AvgIpc) is 3.26. The van der Waals surface area contributed by atoms with Gasteiger partial charge < -0.3 is 25.0 Å². The number of carbonyl (C=O) groups excluding carboxylic acids is 1. The summed E-state index contributed by atoms with van der Waals surface area (Å²) in [5, 5.41) is 7.05. The van der Waals surface area contributed by atoms with Gasteiger partial charge in [0.1, 0.15) is 5.75 Å². The van der Waals surface area contributed by atoms with Gasteiger partial charge in [0.2, 0.25) is 5.91 Å². The maximum absolute atomic E-state index is 11.9. The Morgan fingerprint density at radius 2 is 2.00 bits per heavy atom. The van der Waals surface area contributed by atoms with Crippen LogP contribution in [0.1, 0.15) is 45.1 Å². The summed E-state index contributed by atoms with van der Waals surface area (Å²) in [6.07, 6.45) is 3.44. The first-order valence-corrected chi connectivity index (χ1v) is 11.2. The molecule has 2 saturated heterocycles. The molecule has 7 nitrogen and oxygen atoms in total. The molecular formula is C23H36N4O3. The minimum atomic E-state index is 0.000498. The van der Waals surface area contributed by atoms with Crippen molar-refractivity contribution in [3.05, 3.63) is 29.8 Å². The number of nitrogens with zero attached hydrogens (tertiary/aromatic N) is 2. The summed E-state index contributed by atoms with van der Waals surface area (Å²) in [5.41, 5.74) is 1.30.